The lowest BCUT2D eigenvalue weighted by Gasteiger charge is -2.51. The molecule has 0 aromatic heterocycles. The second-order valence-corrected chi connectivity index (χ2v) is 18.7. The minimum Gasteiger partial charge on any atom is -0.465 e. The lowest BCUT2D eigenvalue weighted by molar-refractivity contribution is -0.365. The summed E-state index contributed by atoms with van der Waals surface area (Å²) in [6.07, 6.45) is -28.6. The second-order valence-electron chi connectivity index (χ2n) is 16.2. The van der Waals surface area contributed by atoms with E-state index in [0.29, 0.717) is 0 Å². The Bertz CT molecular complexity index is 2430. The first kappa shape index (κ1) is 62.0. The highest BCUT2D eigenvalue weighted by Crippen LogP contribution is 2.42. The molecule has 11 atom stereocenters. The molecular formula is C46H50Cl3F3N2O22. The lowest BCUT2D eigenvalue weighted by atomic mass is 9.87. The molecule has 2 aromatic carbocycles. The number of esters is 8. The van der Waals surface area contributed by atoms with Crippen LogP contribution in [-0.4, -0.2) is 164 Å². The van der Waals surface area contributed by atoms with Crippen LogP contribution in [0.5, 0.6) is 0 Å². The fourth-order valence-corrected chi connectivity index (χ4v) is 7.55. The fourth-order valence-electron chi connectivity index (χ4n) is 7.38. The maximum atomic E-state index is 15.1. The molecule has 0 aliphatic carbocycles. The number of nitrogens with zero attached hydrogens (tertiary/aromatic N) is 1. The van der Waals surface area contributed by atoms with Crippen molar-refractivity contribution in [1.82, 2.24) is 5.32 Å². The Kier molecular flexibility index (Phi) is 22.4. The number of amides is 1. The molecule has 2 fully saturated rings. The van der Waals surface area contributed by atoms with Crippen molar-refractivity contribution in [3.8, 4) is 0 Å². The van der Waals surface area contributed by atoms with Gasteiger partial charge in [0.2, 0.25) is 10.1 Å². The van der Waals surface area contributed by atoms with E-state index in [1.807, 2.05) is 0 Å². The molecule has 1 amide bonds. The van der Waals surface area contributed by atoms with Gasteiger partial charge in [-0.1, -0.05) is 71.2 Å². The highest BCUT2D eigenvalue weighted by atomic mass is 35.6. The van der Waals surface area contributed by atoms with Crippen LogP contribution in [0.3, 0.4) is 0 Å². The van der Waals surface area contributed by atoms with Crippen LogP contribution in [0.1, 0.15) is 58.3 Å². The van der Waals surface area contributed by atoms with Gasteiger partial charge in [0.15, 0.2) is 24.4 Å². The van der Waals surface area contributed by atoms with E-state index in [4.69, 9.17) is 96.4 Å². The van der Waals surface area contributed by atoms with Crippen LogP contribution in [0.15, 0.2) is 65.7 Å². The topological polar surface area (TPSA) is 298 Å². The van der Waals surface area contributed by atoms with Crippen LogP contribution in [-0.2, 0) is 95.1 Å². The smallest absolute Gasteiger partial charge is 0.465 e. The van der Waals surface area contributed by atoms with Gasteiger partial charge in [0.25, 0.3) is 11.7 Å². The largest absolute Gasteiger partial charge is 0.468 e. The van der Waals surface area contributed by atoms with E-state index < -0.39 is 163 Å². The average Bonchev–Trinajstić information content (AvgIpc) is 3.32. The van der Waals surface area contributed by atoms with Gasteiger partial charge in [0.05, 0.1) is 30.8 Å². The van der Waals surface area contributed by atoms with Crippen LogP contribution in [0, 0.1) is 0 Å². The zero-order valence-corrected chi connectivity index (χ0v) is 43.3. The number of hydrogen-bond acceptors (Lipinski definition) is 23. The average molecular weight is 1150 g/mol. The molecule has 418 valence electrons. The summed E-state index contributed by atoms with van der Waals surface area (Å²) in [4.78, 5) is 122. The molecule has 76 heavy (non-hydrogen) atoms. The maximum absolute atomic E-state index is 15.1. The summed E-state index contributed by atoms with van der Waals surface area (Å²) in [5.41, 5.74) is -0.591. The van der Waals surface area contributed by atoms with Gasteiger partial charge in [-0.05, 0) is 24.3 Å². The standard InChI is InChI=1S/C46H50Cl3F3N2O22/c1-22(55)65-19-31(69-25(4)58)34(70-26(5)59)36-33(54-43(63)67-21-45(47,48)49)30(68-24(3)57)18-44(75-36,42(62)64-7)76-37-35(71-27(6)60)32(20-66-23(2)56)72-40(38(37)73-39(61)28-14-10-8-11-15-28)74-41(46(50,51)52)53-29-16-12-9-13-17-29/h8-17,30-38,40H,18-21H2,1-7H3,(H,54,63)/t30-,31+,32+,33+,34+,35-,36+,37-,38+,40?,44-/m0/s1. The number of rotatable bonds is 19. The third-order valence-corrected chi connectivity index (χ3v) is 10.5. The molecule has 2 aromatic rings. The van der Waals surface area contributed by atoms with E-state index in [9.17, 15) is 43.2 Å². The number of methoxy groups -OCH3 is 1. The van der Waals surface area contributed by atoms with Crippen LogP contribution in [0.4, 0.5) is 23.7 Å². The maximum Gasteiger partial charge on any atom is 0.468 e. The molecule has 2 heterocycles. The molecule has 2 aliphatic heterocycles. The van der Waals surface area contributed by atoms with E-state index in [2.05, 4.69) is 10.3 Å². The number of nitrogens with one attached hydrogen (secondary N) is 1. The monoisotopic (exact) mass is 1140 g/mol. The number of ether oxygens (including phenoxy) is 13. The van der Waals surface area contributed by atoms with Crippen LogP contribution >= 0.6 is 34.8 Å². The Morgan fingerprint density at radius 3 is 1.84 bits per heavy atom. The van der Waals surface area contributed by atoms with E-state index in [-0.39, 0.29) is 11.3 Å². The third-order valence-electron chi connectivity index (χ3n) is 10.2. The Hall–Kier alpha value is -6.52. The molecule has 24 nitrogen and oxygen atoms in total. The highest BCUT2D eigenvalue weighted by Gasteiger charge is 2.64. The normalized spacial score (nSPS) is 24.4. The predicted octanol–water partition coefficient (Wildman–Crippen LogP) is 4.61. The molecule has 0 radical (unpaired) electrons. The van der Waals surface area contributed by atoms with Crippen LogP contribution in [0.25, 0.3) is 0 Å². The van der Waals surface area contributed by atoms with Crippen molar-refractivity contribution in [1.29, 1.82) is 0 Å². The number of alkyl halides is 6. The fraction of sp³-hybridized carbons (Fsp3) is 0.522. The summed E-state index contributed by atoms with van der Waals surface area (Å²) in [6, 6.07) is 11.1. The van der Waals surface area contributed by atoms with Crippen molar-refractivity contribution in [2.45, 2.75) is 125 Å². The van der Waals surface area contributed by atoms with Gasteiger partial charge >= 0.3 is 60.0 Å². The zero-order chi connectivity index (χ0) is 56.7. The SMILES string of the molecule is COC(=O)[C@@]1(O[C@H]2[C@@H](OC(C)=O)[C@@H](COC(C)=O)OC(OC(=Nc3ccccc3)C(F)(F)F)[C@@H]2OC(=O)c2ccccc2)C[C@H](OC(C)=O)[C@@H](NC(=O)OCC(Cl)(Cl)Cl)[C@H]([C@H](OC(C)=O)[C@@H](COC(C)=O)OC(C)=O)O1. The number of carbonyl (C=O) groups is 9. The Balaban J connectivity index is 2.13. The Labute approximate surface area is 445 Å². The van der Waals surface area contributed by atoms with Crippen molar-refractivity contribution in [2.24, 2.45) is 4.99 Å². The number of hydrogen-bond donors (Lipinski definition) is 1. The van der Waals surface area contributed by atoms with Crippen molar-refractivity contribution in [3.05, 3.63) is 66.2 Å². The molecule has 2 aliphatic rings. The van der Waals surface area contributed by atoms with Gasteiger partial charge in [0.1, 0.15) is 44.2 Å². The molecular weight excluding hydrogens is 1100 g/mol. The molecule has 30 heteroatoms. The summed E-state index contributed by atoms with van der Waals surface area (Å²) >= 11 is 17.4. The number of carbonyl (C=O) groups excluding carboxylic acids is 9. The molecule has 4 rings (SSSR count). The van der Waals surface area contributed by atoms with E-state index >= 15 is 13.2 Å². The third kappa shape index (κ3) is 18.6. The van der Waals surface area contributed by atoms with Gasteiger partial charge in [-0.15, -0.1) is 0 Å². The van der Waals surface area contributed by atoms with Gasteiger partial charge < -0.3 is 66.9 Å². The number of aliphatic imine (C=N–C) groups is 1. The zero-order valence-electron chi connectivity index (χ0n) is 41.1. The van der Waals surface area contributed by atoms with Crippen molar-refractivity contribution >= 4 is 100 Å². The van der Waals surface area contributed by atoms with Crippen LogP contribution < -0.4 is 5.32 Å². The molecule has 2 saturated heterocycles. The summed E-state index contributed by atoms with van der Waals surface area (Å²) in [6.45, 7) is 2.31. The van der Waals surface area contributed by atoms with E-state index in [0.717, 1.165) is 60.8 Å². The lowest BCUT2D eigenvalue weighted by Crippen LogP contribution is -2.72. The van der Waals surface area contributed by atoms with Crippen molar-refractivity contribution in [3.63, 3.8) is 0 Å². The van der Waals surface area contributed by atoms with Crippen molar-refractivity contribution in [2.75, 3.05) is 26.9 Å². The Morgan fingerprint density at radius 1 is 0.724 bits per heavy atom. The molecule has 1 N–H and O–H groups in total. The summed E-state index contributed by atoms with van der Waals surface area (Å²) in [7, 11) is 0.752. The number of alkyl carbamates (subject to hydrolysis) is 1. The van der Waals surface area contributed by atoms with Gasteiger partial charge in [-0.3, -0.25) is 28.8 Å². The number of benzene rings is 2. The number of para-hydroxylation sites is 1. The predicted molar refractivity (Wildman–Crippen MR) is 248 cm³/mol. The van der Waals surface area contributed by atoms with E-state index in [1.54, 1.807) is 0 Å². The Morgan fingerprint density at radius 2 is 1.32 bits per heavy atom. The van der Waals surface area contributed by atoms with Gasteiger partial charge in [-0.2, -0.15) is 13.2 Å². The first-order valence-electron chi connectivity index (χ1n) is 22.2. The molecule has 0 spiro atoms. The van der Waals surface area contributed by atoms with Gasteiger partial charge in [-0.25, -0.2) is 19.4 Å². The minimum atomic E-state index is -5.48. The number of halogens is 6. The highest BCUT2D eigenvalue weighted by molar-refractivity contribution is 6.67. The van der Waals surface area contributed by atoms with Crippen molar-refractivity contribution < 1.29 is 118 Å². The van der Waals surface area contributed by atoms with Crippen LogP contribution in [0.2, 0.25) is 0 Å². The summed E-state index contributed by atoms with van der Waals surface area (Å²) in [5, 5.41) is 2.27. The molecule has 0 bridgehead atoms. The van der Waals surface area contributed by atoms with Gasteiger partial charge in [0, 0.05) is 41.5 Å². The first-order chi connectivity index (χ1) is 35.5. The summed E-state index contributed by atoms with van der Waals surface area (Å²) < 4.78 is 116. The minimum absolute atomic E-state index is 0.268. The molecule has 1 unspecified atom stereocenters. The first-order valence-corrected chi connectivity index (χ1v) is 23.3. The quantitative estimate of drug-likeness (QED) is 0.0660. The summed E-state index contributed by atoms with van der Waals surface area (Å²) in [5.74, 6) is -15.2. The second kappa shape index (κ2) is 27.5. The van der Waals surface area contributed by atoms with E-state index in [1.165, 1.54) is 48.5 Å². The molecule has 0 saturated carbocycles.